The largest absolute Gasteiger partial charge is 0.394 e. The molecule has 1 fully saturated rings. The molecule has 1 saturated heterocycles. The molecule has 0 aliphatic carbocycles. The van der Waals surface area contributed by atoms with Crippen molar-refractivity contribution in [2.75, 3.05) is 20.3 Å². The van der Waals surface area contributed by atoms with Crippen molar-refractivity contribution >= 4 is 5.91 Å². The van der Waals surface area contributed by atoms with E-state index in [1.54, 1.807) is 12.0 Å². The highest BCUT2D eigenvalue weighted by Gasteiger charge is 2.29. The third-order valence-electron chi connectivity index (χ3n) is 3.40. The van der Waals surface area contributed by atoms with E-state index < -0.39 is 0 Å². The predicted molar refractivity (Wildman–Crippen MR) is 68.3 cm³/mol. The summed E-state index contributed by atoms with van der Waals surface area (Å²) in [6.45, 7) is 1.20. The highest BCUT2D eigenvalue weighted by molar-refractivity contribution is 5.96. The summed E-state index contributed by atoms with van der Waals surface area (Å²) in [4.78, 5) is 14.2. The molecule has 1 aliphatic rings. The number of benzene rings is 1. The fourth-order valence-electron chi connectivity index (χ4n) is 2.46. The van der Waals surface area contributed by atoms with Crippen LogP contribution in [0.3, 0.4) is 0 Å². The Morgan fingerprint density at radius 3 is 3.00 bits per heavy atom. The lowest BCUT2D eigenvalue weighted by Gasteiger charge is -2.24. The van der Waals surface area contributed by atoms with Crippen molar-refractivity contribution in [1.29, 1.82) is 0 Å². The highest BCUT2D eigenvalue weighted by atomic mass is 16.5. The average molecular weight is 249 g/mol. The van der Waals surface area contributed by atoms with E-state index in [2.05, 4.69) is 0 Å². The van der Waals surface area contributed by atoms with Gasteiger partial charge in [-0.25, -0.2) is 0 Å². The van der Waals surface area contributed by atoms with E-state index in [4.69, 9.17) is 4.74 Å². The minimum atomic E-state index is -0.0342. The van der Waals surface area contributed by atoms with Crippen molar-refractivity contribution in [2.45, 2.75) is 25.5 Å². The Hall–Kier alpha value is -1.39. The predicted octanol–water partition coefficient (Wildman–Crippen LogP) is 1.43. The van der Waals surface area contributed by atoms with Gasteiger partial charge in [0.2, 0.25) is 0 Å². The maximum absolute atomic E-state index is 12.5. The van der Waals surface area contributed by atoms with Gasteiger partial charge < -0.3 is 14.7 Å². The summed E-state index contributed by atoms with van der Waals surface area (Å²) >= 11 is 0. The number of hydrogen-bond donors (Lipinski definition) is 1. The molecule has 4 heteroatoms. The molecule has 1 atom stereocenters. The highest BCUT2D eigenvalue weighted by Crippen LogP contribution is 2.21. The summed E-state index contributed by atoms with van der Waals surface area (Å²) in [5, 5.41) is 9.29. The second-order valence-electron chi connectivity index (χ2n) is 4.57. The molecule has 18 heavy (non-hydrogen) atoms. The molecule has 1 aromatic carbocycles. The van der Waals surface area contributed by atoms with E-state index in [1.807, 2.05) is 24.3 Å². The average Bonchev–Trinajstić information content (AvgIpc) is 2.87. The second kappa shape index (κ2) is 5.98. The molecule has 0 aromatic heterocycles. The molecule has 98 valence electrons. The molecule has 1 unspecified atom stereocenters. The Balaban J connectivity index is 2.22. The van der Waals surface area contributed by atoms with E-state index in [9.17, 15) is 9.90 Å². The van der Waals surface area contributed by atoms with Crippen LogP contribution in [0.1, 0.15) is 28.8 Å². The van der Waals surface area contributed by atoms with E-state index in [1.165, 1.54) is 0 Å². The Kier molecular flexibility index (Phi) is 4.33. The lowest BCUT2D eigenvalue weighted by Crippen LogP contribution is -2.38. The van der Waals surface area contributed by atoms with Gasteiger partial charge in [0, 0.05) is 19.2 Å². The summed E-state index contributed by atoms with van der Waals surface area (Å²) < 4.78 is 5.11. The molecule has 0 radical (unpaired) electrons. The summed E-state index contributed by atoms with van der Waals surface area (Å²) in [5.41, 5.74) is 1.58. The molecule has 1 N–H and O–H groups in total. The monoisotopic (exact) mass is 249 g/mol. The van der Waals surface area contributed by atoms with Gasteiger partial charge in [0.25, 0.3) is 5.91 Å². The number of aliphatic hydroxyl groups excluding tert-OH is 1. The number of likely N-dealkylation sites (tertiary alicyclic amines) is 1. The summed E-state index contributed by atoms with van der Waals surface area (Å²) in [6, 6.07) is 7.45. The Bertz CT molecular complexity index is 419. The van der Waals surface area contributed by atoms with Crippen LogP contribution in [0.4, 0.5) is 0 Å². The molecule has 1 amide bonds. The van der Waals surface area contributed by atoms with Crippen LogP contribution < -0.4 is 0 Å². The molecule has 1 heterocycles. The lowest BCUT2D eigenvalue weighted by molar-refractivity contribution is 0.0673. The van der Waals surface area contributed by atoms with E-state index in [0.29, 0.717) is 12.2 Å². The van der Waals surface area contributed by atoms with Crippen LogP contribution in [0.25, 0.3) is 0 Å². The minimum absolute atomic E-state index is 0.000741. The van der Waals surface area contributed by atoms with Gasteiger partial charge in [0.05, 0.1) is 19.3 Å². The maximum Gasteiger partial charge on any atom is 0.254 e. The zero-order valence-electron chi connectivity index (χ0n) is 10.6. The third kappa shape index (κ3) is 2.54. The molecule has 0 bridgehead atoms. The number of carbonyl (C=O) groups excluding carboxylic acids is 1. The standard InChI is InChI=1S/C14H19NO3/c1-18-10-11-5-2-3-7-13(11)14(17)15-8-4-6-12(15)9-16/h2-3,5,7,12,16H,4,6,8-10H2,1H3. The maximum atomic E-state index is 12.5. The minimum Gasteiger partial charge on any atom is -0.394 e. The van der Waals surface area contributed by atoms with Gasteiger partial charge in [-0.3, -0.25) is 4.79 Å². The number of rotatable bonds is 4. The fraction of sp³-hybridized carbons (Fsp3) is 0.500. The van der Waals surface area contributed by atoms with Crippen LogP contribution in [0.5, 0.6) is 0 Å². The second-order valence-corrected chi connectivity index (χ2v) is 4.57. The first-order chi connectivity index (χ1) is 8.77. The molecular weight excluding hydrogens is 230 g/mol. The van der Waals surface area contributed by atoms with E-state index >= 15 is 0 Å². The lowest BCUT2D eigenvalue weighted by atomic mass is 10.1. The van der Waals surface area contributed by atoms with Gasteiger partial charge in [-0.15, -0.1) is 0 Å². The van der Waals surface area contributed by atoms with Crippen LogP contribution in [0.2, 0.25) is 0 Å². The van der Waals surface area contributed by atoms with Crippen molar-refractivity contribution in [3.05, 3.63) is 35.4 Å². The first kappa shape index (κ1) is 13.1. The zero-order valence-corrected chi connectivity index (χ0v) is 10.6. The van der Waals surface area contributed by atoms with Crippen molar-refractivity contribution in [1.82, 2.24) is 4.90 Å². The normalized spacial score (nSPS) is 19.2. The van der Waals surface area contributed by atoms with Gasteiger partial charge in [0.1, 0.15) is 0 Å². The smallest absolute Gasteiger partial charge is 0.254 e. The van der Waals surface area contributed by atoms with Crippen LogP contribution in [-0.2, 0) is 11.3 Å². The number of ether oxygens (including phenoxy) is 1. The molecule has 1 aliphatic heterocycles. The number of carbonyl (C=O) groups is 1. The Morgan fingerprint density at radius 1 is 1.50 bits per heavy atom. The molecular formula is C14H19NO3. The number of methoxy groups -OCH3 is 1. The van der Waals surface area contributed by atoms with Crippen molar-refractivity contribution in [3.63, 3.8) is 0 Å². The molecule has 2 rings (SSSR count). The SMILES string of the molecule is COCc1ccccc1C(=O)N1CCCC1CO. The molecule has 0 saturated carbocycles. The molecule has 0 spiro atoms. The van der Waals surface area contributed by atoms with Gasteiger partial charge in [-0.05, 0) is 24.5 Å². The number of amides is 1. The Morgan fingerprint density at radius 2 is 2.28 bits per heavy atom. The van der Waals surface area contributed by atoms with Crippen LogP contribution >= 0.6 is 0 Å². The van der Waals surface area contributed by atoms with Gasteiger partial charge in [-0.1, -0.05) is 18.2 Å². The van der Waals surface area contributed by atoms with E-state index in [-0.39, 0.29) is 18.6 Å². The van der Waals surface area contributed by atoms with Crippen LogP contribution in [-0.4, -0.2) is 42.2 Å². The third-order valence-corrected chi connectivity index (χ3v) is 3.40. The summed E-state index contributed by atoms with van der Waals surface area (Å²) in [7, 11) is 1.62. The zero-order chi connectivity index (χ0) is 13.0. The van der Waals surface area contributed by atoms with Crippen LogP contribution in [0.15, 0.2) is 24.3 Å². The Labute approximate surface area is 107 Å². The topological polar surface area (TPSA) is 49.8 Å². The summed E-state index contributed by atoms with van der Waals surface area (Å²) in [6.07, 6.45) is 1.85. The van der Waals surface area contributed by atoms with E-state index in [0.717, 1.165) is 24.9 Å². The fourth-order valence-corrected chi connectivity index (χ4v) is 2.46. The van der Waals surface area contributed by atoms with Crippen molar-refractivity contribution in [3.8, 4) is 0 Å². The molecule has 4 nitrogen and oxygen atoms in total. The number of nitrogens with zero attached hydrogens (tertiary/aromatic N) is 1. The first-order valence-electron chi connectivity index (χ1n) is 6.26. The van der Waals surface area contributed by atoms with Crippen molar-refractivity contribution < 1.29 is 14.6 Å². The summed E-state index contributed by atoms with van der Waals surface area (Å²) in [5.74, 6) is -0.000741. The van der Waals surface area contributed by atoms with Crippen LogP contribution in [0, 0.1) is 0 Å². The van der Waals surface area contributed by atoms with Crippen molar-refractivity contribution in [2.24, 2.45) is 0 Å². The molecule has 1 aromatic rings. The van der Waals surface area contributed by atoms with Gasteiger partial charge in [0.15, 0.2) is 0 Å². The quantitative estimate of drug-likeness (QED) is 0.878. The number of aliphatic hydroxyl groups is 1. The van der Waals surface area contributed by atoms with Gasteiger partial charge in [-0.2, -0.15) is 0 Å². The van der Waals surface area contributed by atoms with Gasteiger partial charge >= 0.3 is 0 Å². The first-order valence-corrected chi connectivity index (χ1v) is 6.26. The number of hydrogen-bond acceptors (Lipinski definition) is 3.